The molecule has 7 rings (SSSR count). The van der Waals surface area contributed by atoms with Crippen molar-refractivity contribution in [1.82, 2.24) is 14.1 Å². The number of benzene rings is 4. The van der Waals surface area contributed by atoms with Gasteiger partial charge < -0.3 is 9.13 Å². The van der Waals surface area contributed by atoms with E-state index in [9.17, 15) is 0 Å². The smallest absolute Gasteiger partial charge is 0.0702 e. The molecular weight excluding hydrogens is 414 g/mol. The fraction of sp³-hybridized carbons (Fsp3) is 0. The summed E-state index contributed by atoms with van der Waals surface area (Å²) in [7, 11) is 0. The molecule has 7 aromatic rings. The molecule has 0 N–H and O–H groups in total. The highest BCUT2D eigenvalue weighted by Gasteiger charge is 2.18. The fourth-order valence-electron chi connectivity index (χ4n) is 5.08. The van der Waals surface area contributed by atoms with E-state index in [0.717, 1.165) is 22.6 Å². The Kier molecular flexibility index (Phi) is 4.15. The van der Waals surface area contributed by atoms with E-state index in [1.807, 2.05) is 18.3 Å². The molecule has 0 bridgehead atoms. The van der Waals surface area contributed by atoms with E-state index in [4.69, 9.17) is 0 Å². The minimum atomic E-state index is 0.982. The average Bonchev–Trinajstić information content (AvgIpc) is 3.49. The zero-order valence-corrected chi connectivity index (χ0v) is 18.5. The van der Waals surface area contributed by atoms with E-state index in [0.29, 0.717) is 0 Å². The quantitative estimate of drug-likeness (QED) is 0.278. The third-order valence-corrected chi connectivity index (χ3v) is 6.59. The molecule has 160 valence electrons. The van der Waals surface area contributed by atoms with Gasteiger partial charge >= 0.3 is 0 Å². The summed E-state index contributed by atoms with van der Waals surface area (Å²) in [5.41, 5.74) is 8.03. The lowest BCUT2D eigenvalue weighted by atomic mass is 10.0. The van der Waals surface area contributed by atoms with Gasteiger partial charge in [0.05, 0.1) is 22.2 Å². The van der Waals surface area contributed by atoms with Crippen LogP contribution in [-0.2, 0) is 0 Å². The highest BCUT2D eigenvalue weighted by molar-refractivity contribution is 6.21. The standard InChI is InChI=1S/C31H21N3/c1-3-9-24(10-4-1)33-20-18-22-14-17-29-30(31(22)33)26-21-23(27-13-7-8-19-32-27)15-16-28(26)34(29)25-11-5-2-6-12-25/h1-21H. The van der Waals surface area contributed by atoms with Crippen molar-refractivity contribution in [2.24, 2.45) is 0 Å². The number of nitrogens with zero attached hydrogens (tertiary/aromatic N) is 3. The van der Waals surface area contributed by atoms with E-state index < -0.39 is 0 Å². The Morgan fingerprint density at radius 2 is 1.32 bits per heavy atom. The van der Waals surface area contributed by atoms with Gasteiger partial charge in [0.1, 0.15) is 0 Å². The summed E-state index contributed by atoms with van der Waals surface area (Å²) in [6.07, 6.45) is 4.03. The summed E-state index contributed by atoms with van der Waals surface area (Å²) in [6.45, 7) is 0. The van der Waals surface area contributed by atoms with E-state index in [2.05, 4.69) is 123 Å². The number of para-hydroxylation sites is 2. The van der Waals surface area contributed by atoms with Crippen LogP contribution in [0.1, 0.15) is 0 Å². The van der Waals surface area contributed by atoms with Gasteiger partial charge in [0.15, 0.2) is 0 Å². The minimum absolute atomic E-state index is 0.982. The van der Waals surface area contributed by atoms with Crippen LogP contribution in [0.5, 0.6) is 0 Å². The molecular formula is C31H21N3. The van der Waals surface area contributed by atoms with Crippen molar-refractivity contribution in [1.29, 1.82) is 0 Å². The van der Waals surface area contributed by atoms with Gasteiger partial charge in [0.2, 0.25) is 0 Å². The molecule has 34 heavy (non-hydrogen) atoms. The monoisotopic (exact) mass is 435 g/mol. The summed E-state index contributed by atoms with van der Waals surface area (Å²) < 4.78 is 4.68. The molecule has 0 spiro atoms. The van der Waals surface area contributed by atoms with Crippen LogP contribution in [0.4, 0.5) is 0 Å². The predicted octanol–water partition coefficient (Wildman–Crippen LogP) is 7.79. The van der Waals surface area contributed by atoms with Crippen LogP contribution in [0.25, 0.3) is 55.3 Å². The second-order valence-corrected chi connectivity index (χ2v) is 8.54. The van der Waals surface area contributed by atoms with Crippen molar-refractivity contribution < 1.29 is 0 Å². The second-order valence-electron chi connectivity index (χ2n) is 8.54. The number of rotatable bonds is 3. The normalized spacial score (nSPS) is 11.5. The Balaban J connectivity index is 1.65. The lowest BCUT2D eigenvalue weighted by Gasteiger charge is -2.09. The first kappa shape index (κ1) is 18.9. The molecule has 0 saturated carbocycles. The molecule has 0 radical (unpaired) electrons. The molecule has 0 unspecified atom stereocenters. The van der Waals surface area contributed by atoms with Crippen LogP contribution in [0.3, 0.4) is 0 Å². The summed E-state index contributed by atoms with van der Waals surface area (Å²) in [5, 5.41) is 3.71. The zero-order valence-electron chi connectivity index (χ0n) is 18.5. The molecule has 0 aliphatic rings. The van der Waals surface area contributed by atoms with E-state index in [1.54, 1.807) is 0 Å². The summed E-state index contributed by atoms with van der Waals surface area (Å²) in [6, 6.07) is 40.6. The molecule has 0 aliphatic carbocycles. The molecule has 0 atom stereocenters. The fourth-order valence-corrected chi connectivity index (χ4v) is 5.08. The Bertz CT molecular complexity index is 1780. The number of hydrogen-bond acceptors (Lipinski definition) is 1. The summed E-state index contributed by atoms with van der Waals surface area (Å²) in [5.74, 6) is 0. The van der Waals surface area contributed by atoms with Crippen molar-refractivity contribution in [2.75, 3.05) is 0 Å². The van der Waals surface area contributed by atoms with Gasteiger partial charge in [-0.2, -0.15) is 0 Å². The minimum Gasteiger partial charge on any atom is -0.316 e. The Morgan fingerprint density at radius 1 is 0.588 bits per heavy atom. The Morgan fingerprint density at radius 3 is 2.09 bits per heavy atom. The van der Waals surface area contributed by atoms with Crippen molar-refractivity contribution in [3.63, 3.8) is 0 Å². The van der Waals surface area contributed by atoms with E-state index in [1.165, 1.54) is 32.7 Å². The highest BCUT2D eigenvalue weighted by atomic mass is 15.0. The first-order valence-electron chi connectivity index (χ1n) is 11.5. The maximum atomic E-state index is 4.61. The largest absolute Gasteiger partial charge is 0.316 e. The molecule has 0 aliphatic heterocycles. The van der Waals surface area contributed by atoms with Crippen molar-refractivity contribution in [3.8, 4) is 22.6 Å². The third kappa shape index (κ3) is 2.81. The van der Waals surface area contributed by atoms with Gasteiger partial charge in [0.25, 0.3) is 0 Å². The van der Waals surface area contributed by atoms with Crippen LogP contribution < -0.4 is 0 Å². The first-order valence-corrected chi connectivity index (χ1v) is 11.5. The van der Waals surface area contributed by atoms with Gasteiger partial charge in [-0.1, -0.05) is 54.6 Å². The molecule has 0 fully saturated rings. The maximum absolute atomic E-state index is 4.61. The van der Waals surface area contributed by atoms with Crippen molar-refractivity contribution in [2.45, 2.75) is 0 Å². The van der Waals surface area contributed by atoms with Gasteiger partial charge in [-0.25, -0.2) is 0 Å². The van der Waals surface area contributed by atoms with Gasteiger partial charge in [-0.15, -0.1) is 0 Å². The maximum Gasteiger partial charge on any atom is 0.0702 e. The zero-order chi connectivity index (χ0) is 22.5. The molecule has 3 nitrogen and oxygen atoms in total. The Hall–Kier alpha value is -4.63. The molecule has 0 amide bonds. The lowest BCUT2D eigenvalue weighted by Crippen LogP contribution is -1.94. The summed E-state index contributed by atoms with van der Waals surface area (Å²) >= 11 is 0. The highest BCUT2D eigenvalue weighted by Crippen LogP contribution is 2.39. The number of aromatic nitrogens is 3. The van der Waals surface area contributed by atoms with Gasteiger partial charge in [-0.05, 0) is 60.7 Å². The Labute approximate surface area is 197 Å². The first-order chi connectivity index (χ1) is 16.9. The van der Waals surface area contributed by atoms with Crippen LogP contribution in [0.15, 0.2) is 128 Å². The second kappa shape index (κ2) is 7.46. The number of hydrogen-bond donors (Lipinski definition) is 0. The molecule has 3 heteroatoms. The molecule has 0 saturated heterocycles. The molecule has 3 aromatic heterocycles. The van der Waals surface area contributed by atoms with Crippen LogP contribution in [0, 0.1) is 0 Å². The van der Waals surface area contributed by atoms with Gasteiger partial charge in [-0.3, -0.25) is 4.98 Å². The summed E-state index contributed by atoms with van der Waals surface area (Å²) in [4.78, 5) is 4.61. The van der Waals surface area contributed by atoms with E-state index >= 15 is 0 Å². The average molecular weight is 436 g/mol. The molecule has 3 heterocycles. The SMILES string of the molecule is c1ccc(-n2ccc3ccc4c(c5cc(-c6ccccn6)ccc5n4-c4ccccc4)c32)cc1. The van der Waals surface area contributed by atoms with Gasteiger partial charge in [0, 0.05) is 45.5 Å². The third-order valence-electron chi connectivity index (χ3n) is 6.59. The van der Waals surface area contributed by atoms with Crippen molar-refractivity contribution >= 4 is 32.7 Å². The topological polar surface area (TPSA) is 22.8 Å². The van der Waals surface area contributed by atoms with Crippen molar-refractivity contribution in [3.05, 3.63) is 128 Å². The van der Waals surface area contributed by atoms with E-state index in [-0.39, 0.29) is 0 Å². The van der Waals surface area contributed by atoms with Crippen LogP contribution >= 0.6 is 0 Å². The number of pyridine rings is 1. The molecule has 4 aromatic carbocycles. The predicted molar refractivity (Wildman–Crippen MR) is 141 cm³/mol. The number of fused-ring (bicyclic) bond motifs is 5. The van der Waals surface area contributed by atoms with Crippen LogP contribution in [0.2, 0.25) is 0 Å². The lowest BCUT2D eigenvalue weighted by molar-refractivity contribution is 1.13. The van der Waals surface area contributed by atoms with Crippen LogP contribution in [-0.4, -0.2) is 14.1 Å².